The van der Waals surface area contributed by atoms with Crippen LogP contribution in [0.3, 0.4) is 0 Å². The summed E-state index contributed by atoms with van der Waals surface area (Å²) in [6, 6.07) is 138. The SMILES string of the molecule is c1ccc(-c2ccc(-n3c4ccccc4c4c(-c5cccc6c5c5ccccc5n6-c5ccc(-c6ccc(-c7ccc8c(c7)c7ccc(-c9cccc(-c%10cccc%11c%10c%10ccccc%10n%11-c%10ccccc%10)c9)cc7n8-c7cccc(-c8ccccc8)c7)cc6)cc5)cccc43)cc2)cc1. The van der Waals surface area contributed by atoms with Crippen LogP contribution in [-0.2, 0) is 0 Å². The zero-order valence-electron chi connectivity index (χ0n) is 54.6. The molecular formula is C96H62N4. The van der Waals surface area contributed by atoms with Gasteiger partial charge in [0.15, 0.2) is 0 Å². The van der Waals surface area contributed by atoms with Crippen molar-refractivity contribution >= 4 is 87.2 Å². The molecule has 0 saturated carbocycles. The molecule has 16 aromatic carbocycles. The van der Waals surface area contributed by atoms with Gasteiger partial charge in [-0.15, -0.1) is 0 Å². The summed E-state index contributed by atoms with van der Waals surface area (Å²) in [7, 11) is 0. The molecule has 0 unspecified atom stereocenters. The summed E-state index contributed by atoms with van der Waals surface area (Å²) in [6.45, 7) is 0. The molecule has 0 aliphatic rings. The Morgan fingerprint density at radius 1 is 0.130 bits per heavy atom. The lowest BCUT2D eigenvalue weighted by Crippen LogP contribution is -1.95. The topological polar surface area (TPSA) is 19.7 Å². The zero-order chi connectivity index (χ0) is 65.8. The van der Waals surface area contributed by atoms with Crippen molar-refractivity contribution in [2.24, 2.45) is 0 Å². The van der Waals surface area contributed by atoms with E-state index in [-0.39, 0.29) is 0 Å². The molecule has 0 saturated heterocycles. The molecule has 4 heterocycles. The summed E-state index contributed by atoms with van der Waals surface area (Å²) in [5.74, 6) is 0. The van der Waals surface area contributed by atoms with E-state index >= 15 is 0 Å². The average molecular weight is 1270 g/mol. The predicted molar refractivity (Wildman–Crippen MR) is 422 cm³/mol. The number of benzene rings is 16. The van der Waals surface area contributed by atoms with Gasteiger partial charge in [0.25, 0.3) is 0 Å². The molecule has 466 valence electrons. The molecule has 0 aliphatic carbocycles. The highest BCUT2D eigenvalue weighted by Gasteiger charge is 2.23. The van der Waals surface area contributed by atoms with Crippen molar-refractivity contribution in [3.05, 3.63) is 376 Å². The van der Waals surface area contributed by atoms with Gasteiger partial charge in [0.2, 0.25) is 0 Å². The molecule has 4 aromatic heterocycles. The normalized spacial score (nSPS) is 11.8. The zero-order valence-corrected chi connectivity index (χ0v) is 54.6. The van der Waals surface area contributed by atoms with E-state index < -0.39 is 0 Å². The van der Waals surface area contributed by atoms with Gasteiger partial charge in [-0.2, -0.15) is 0 Å². The Kier molecular flexibility index (Phi) is 13.2. The van der Waals surface area contributed by atoms with E-state index in [4.69, 9.17) is 0 Å². The Labute approximate surface area is 578 Å². The minimum Gasteiger partial charge on any atom is -0.309 e. The number of nitrogens with zero attached hydrogens (tertiary/aromatic N) is 4. The summed E-state index contributed by atoms with van der Waals surface area (Å²) in [4.78, 5) is 0. The Morgan fingerprint density at radius 3 is 0.980 bits per heavy atom. The second-order valence-electron chi connectivity index (χ2n) is 26.3. The quantitative estimate of drug-likeness (QED) is 0.123. The summed E-state index contributed by atoms with van der Waals surface area (Å²) < 4.78 is 9.74. The van der Waals surface area contributed by atoms with Gasteiger partial charge in [-0.05, 0) is 187 Å². The fraction of sp³-hybridized carbons (Fsp3) is 0. The first-order valence-electron chi connectivity index (χ1n) is 34.5. The summed E-state index contributed by atoms with van der Waals surface area (Å²) in [6.07, 6.45) is 0. The number of fused-ring (bicyclic) bond motifs is 12. The molecule has 0 atom stereocenters. The van der Waals surface area contributed by atoms with Gasteiger partial charge in [0, 0.05) is 65.8 Å². The van der Waals surface area contributed by atoms with Crippen LogP contribution in [0.25, 0.3) is 188 Å². The second-order valence-corrected chi connectivity index (χ2v) is 26.3. The van der Waals surface area contributed by atoms with Gasteiger partial charge in [-0.1, -0.05) is 267 Å². The highest BCUT2D eigenvalue weighted by molar-refractivity contribution is 6.23. The summed E-state index contributed by atoms with van der Waals surface area (Å²) >= 11 is 0. The molecule has 100 heavy (non-hydrogen) atoms. The number of hydrogen-bond donors (Lipinski definition) is 0. The lowest BCUT2D eigenvalue weighted by Gasteiger charge is -2.12. The summed E-state index contributed by atoms with van der Waals surface area (Å²) in [5.41, 5.74) is 30.6. The van der Waals surface area contributed by atoms with E-state index in [1.807, 2.05) is 0 Å². The predicted octanol–water partition coefficient (Wildman–Crippen LogP) is 25.7. The van der Waals surface area contributed by atoms with E-state index in [2.05, 4.69) is 394 Å². The first-order valence-corrected chi connectivity index (χ1v) is 34.5. The maximum absolute atomic E-state index is 2.47. The van der Waals surface area contributed by atoms with Crippen LogP contribution in [0.2, 0.25) is 0 Å². The molecule has 0 N–H and O–H groups in total. The van der Waals surface area contributed by atoms with Crippen molar-refractivity contribution in [1.82, 2.24) is 18.3 Å². The fourth-order valence-corrected chi connectivity index (χ4v) is 16.2. The van der Waals surface area contributed by atoms with Crippen LogP contribution in [0, 0.1) is 0 Å². The van der Waals surface area contributed by atoms with Crippen molar-refractivity contribution < 1.29 is 0 Å². The van der Waals surface area contributed by atoms with Crippen LogP contribution < -0.4 is 0 Å². The van der Waals surface area contributed by atoms with Crippen LogP contribution in [-0.4, -0.2) is 18.3 Å². The monoisotopic (exact) mass is 1270 g/mol. The first kappa shape index (κ1) is 57.0. The highest BCUT2D eigenvalue weighted by atomic mass is 15.0. The van der Waals surface area contributed by atoms with Gasteiger partial charge in [-0.25, -0.2) is 0 Å². The van der Waals surface area contributed by atoms with Crippen LogP contribution in [0.5, 0.6) is 0 Å². The van der Waals surface area contributed by atoms with E-state index in [0.717, 1.165) is 39.3 Å². The fourth-order valence-electron chi connectivity index (χ4n) is 16.2. The van der Waals surface area contributed by atoms with Crippen LogP contribution >= 0.6 is 0 Å². The van der Waals surface area contributed by atoms with Crippen molar-refractivity contribution in [3.63, 3.8) is 0 Å². The maximum atomic E-state index is 2.47. The van der Waals surface area contributed by atoms with Crippen molar-refractivity contribution in [3.8, 4) is 101 Å². The van der Waals surface area contributed by atoms with E-state index in [1.165, 1.54) is 149 Å². The molecule has 0 fully saturated rings. The highest BCUT2D eigenvalue weighted by Crippen LogP contribution is 2.46. The molecule has 0 aliphatic heterocycles. The maximum Gasteiger partial charge on any atom is 0.0547 e. The van der Waals surface area contributed by atoms with Crippen molar-refractivity contribution in [2.45, 2.75) is 0 Å². The van der Waals surface area contributed by atoms with Crippen molar-refractivity contribution in [2.75, 3.05) is 0 Å². The third-order valence-electron chi connectivity index (χ3n) is 20.8. The molecule has 20 aromatic rings. The Balaban J connectivity index is 0.644. The number of aromatic nitrogens is 4. The van der Waals surface area contributed by atoms with Crippen LogP contribution in [0.4, 0.5) is 0 Å². The molecule has 0 bridgehead atoms. The van der Waals surface area contributed by atoms with Gasteiger partial charge in [-0.3, -0.25) is 0 Å². The van der Waals surface area contributed by atoms with Crippen LogP contribution in [0.15, 0.2) is 376 Å². The standard InChI is InChI=1S/C96H62N4/c1-4-21-63(22-5-1)66-47-53-75(54-48-66)98-87-38-14-11-32-83(87)95-80(35-19-41-91(95)98)81-36-20-42-92-96(81)84-33-12-15-39-88(84)99(92)76-55-49-67(50-56-76)65-43-45-68(46-44-65)71-52-58-89-85(61-71)79-57-51-72(62-93(79)100(89)77-30-17-26-70(60-77)64-23-6-2-7-24-64)69-25-16-27-73(59-69)78-34-18-40-90-94(78)82-31-10-13-37-86(82)97(90)74-28-8-3-9-29-74/h1-62H. The van der Waals surface area contributed by atoms with E-state index in [0.29, 0.717) is 0 Å². The largest absolute Gasteiger partial charge is 0.309 e. The third kappa shape index (κ3) is 9.22. The molecule has 4 nitrogen and oxygen atoms in total. The summed E-state index contributed by atoms with van der Waals surface area (Å²) in [5, 5.41) is 9.88. The van der Waals surface area contributed by atoms with E-state index in [1.54, 1.807) is 0 Å². The van der Waals surface area contributed by atoms with Gasteiger partial charge in [0.1, 0.15) is 0 Å². The molecule has 0 radical (unpaired) electrons. The molecule has 0 spiro atoms. The number of rotatable bonds is 11. The minimum atomic E-state index is 1.12. The van der Waals surface area contributed by atoms with Gasteiger partial charge >= 0.3 is 0 Å². The number of hydrogen-bond acceptors (Lipinski definition) is 0. The van der Waals surface area contributed by atoms with Crippen molar-refractivity contribution in [1.29, 1.82) is 0 Å². The lowest BCUT2D eigenvalue weighted by atomic mass is 9.95. The minimum absolute atomic E-state index is 1.12. The molecule has 20 rings (SSSR count). The van der Waals surface area contributed by atoms with Crippen LogP contribution in [0.1, 0.15) is 0 Å². The third-order valence-corrected chi connectivity index (χ3v) is 20.8. The van der Waals surface area contributed by atoms with Gasteiger partial charge in [0.05, 0.1) is 44.1 Å². The smallest absolute Gasteiger partial charge is 0.0547 e. The Hall–Kier alpha value is -13.3. The molecule has 0 amide bonds. The van der Waals surface area contributed by atoms with E-state index in [9.17, 15) is 0 Å². The molecular weight excluding hydrogens is 1210 g/mol. The first-order chi connectivity index (χ1) is 49.6. The lowest BCUT2D eigenvalue weighted by molar-refractivity contribution is 1.18. The second kappa shape index (κ2) is 23.2. The Morgan fingerprint density at radius 2 is 0.440 bits per heavy atom. The number of para-hydroxylation sites is 4. The van der Waals surface area contributed by atoms with Gasteiger partial charge < -0.3 is 18.3 Å². The molecule has 4 heteroatoms. The average Bonchev–Trinajstić information content (AvgIpc) is 1.56. The Bertz CT molecular complexity index is 6590.